The summed E-state index contributed by atoms with van der Waals surface area (Å²) in [5.41, 5.74) is 0. The quantitative estimate of drug-likeness (QED) is 0.226. The zero-order valence-corrected chi connectivity index (χ0v) is 16.2. The van der Waals surface area contributed by atoms with Crippen LogP contribution in [0.15, 0.2) is 0 Å². The molecule has 0 amide bonds. The van der Waals surface area contributed by atoms with E-state index < -0.39 is 41.6 Å². The molecule has 0 spiro atoms. The van der Waals surface area contributed by atoms with Gasteiger partial charge in [-0.2, -0.15) is 16.8 Å². The molecule has 0 rings (SSSR count). The molecule has 0 radical (unpaired) electrons. The second-order valence-corrected chi connectivity index (χ2v) is 6.69. The number of carbonyl (C=O) groups is 2. The van der Waals surface area contributed by atoms with Crippen LogP contribution in [0.4, 0.5) is 0 Å². The maximum atomic E-state index is 9.78. The smallest absolute Gasteiger partial charge is 0.547 e. The number of carboxylic acid groups (broad SMARTS) is 2. The van der Waals surface area contributed by atoms with Crippen LogP contribution in [0.2, 0.25) is 0 Å². The van der Waals surface area contributed by atoms with Gasteiger partial charge in [0.1, 0.15) is 0 Å². The van der Waals surface area contributed by atoms with E-state index in [9.17, 15) is 36.6 Å². The molecule has 0 bridgehead atoms. The van der Waals surface area contributed by atoms with Gasteiger partial charge in [-0.05, 0) is 0 Å². The predicted octanol–water partition coefficient (Wildman–Crippen LogP) is -4.00. The maximum absolute atomic E-state index is 9.78. The fraction of sp³-hybridized carbons (Fsp3) is 0.500. The molecule has 2 N–H and O–H groups in total. The van der Waals surface area contributed by atoms with Gasteiger partial charge in [-0.3, -0.25) is 9.11 Å². The number of hydrogen-bond donors (Lipinski definition) is 2. The molecule has 0 aromatic heterocycles. The third-order valence-corrected chi connectivity index (χ3v) is 4.03. The molecule has 0 aliphatic carbocycles. The van der Waals surface area contributed by atoms with Gasteiger partial charge >= 0.3 is 48.9 Å². The second-order valence-electron chi connectivity index (χ2n) is 2.30. The Morgan fingerprint density at radius 1 is 0.842 bits per heavy atom. The largest absolute Gasteiger partial charge is 2.00 e. The zero-order chi connectivity index (χ0) is 15.3. The summed E-state index contributed by atoms with van der Waals surface area (Å²) >= 11 is 9.18. The molecule has 0 fully saturated rings. The standard InChI is InChI=1S/2C2H3ClO5S.Ba/c2*3-1(2(4)5)9(6,7)8;/h2*1H,(H,4,5)(H,6,7,8);/q;;+2/p-2. The van der Waals surface area contributed by atoms with Gasteiger partial charge in [0, 0.05) is 0 Å². The molecule has 19 heavy (non-hydrogen) atoms. The van der Waals surface area contributed by atoms with E-state index in [0.29, 0.717) is 0 Å². The van der Waals surface area contributed by atoms with E-state index in [2.05, 4.69) is 23.2 Å². The van der Waals surface area contributed by atoms with Crippen molar-refractivity contribution in [2.75, 3.05) is 0 Å². The summed E-state index contributed by atoms with van der Waals surface area (Å²) < 4.78 is 50.1. The van der Waals surface area contributed by atoms with Crippen molar-refractivity contribution in [3.05, 3.63) is 0 Å². The van der Waals surface area contributed by atoms with E-state index in [0.717, 1.165) is 0 Å². The van der Waals surface area contributed by atoms with E-state index in [4.69, 9.17) is 9.11 Å². The Bertz CT molecular complexity index is 464. The van der Waals surface area contributed by atoms with Crippen LogP contribution in [0.1, 0.15) is 0 Å². The molecule has 10 nitrogen and oxygen atoms in total. The number of carboxylic acids is 2. The van der Waals surface area contributed by atoms with Crippen LogP contribution in [0, 0.1) is 0 Å². The SMILES string of the molecule is O=C([O-])C(Cl)S(=O)(=O)O.O=C([O-])C(Cl)S(=O)(=O)O.[Ba+2]. The first-order valence-corrected chi connectivity index (χ1v) is 7.21. The Kier molecular flexibility index (Phi) is 12.8. The van der Waals surface area contributed by atoms with Crippen LogP contribution < -0.4 is 10.2 Å². The molecule has 0 aromatic rings. The van der Waals surface area contributed by atoms with Crippen LogP contribution in [0.5, 0.6) is 0 Å². The van der Waals surface area contributed by atoms with Crippen LogP contribution in [-0.4, -0.2) is 96.2 Å². The van der Waals surface area contributed by atoms with Crippen molar-refractivity contribution < 1.29 is 45.7 Å². The first kappa shape index (κ1) is 24.9. The van der Waals surface area contributed by atoms with Crippen molar-refractivity contribution in [2.45, 2.75) is 9.42 Å². The Balaban J connectivity index is -0.000000256. The molecule has 15 heteroatoms. The van der Waals surface area contributed by atoms with Crippen molar-refractivity contribution in [2.24, 2.45) is 0 Å². The summed E-state index contributed by atoms with van der Waals surface area (Å²) in [5.74, 6) is -4.08. The van der Waals surface area contributed by atoms with Crippen LogP contribution in [0.3, 0.4) is 0 Å². The van der Waals surface area contributed by atoms with E-state index in [1.54, 1.807) is 0 Å². The fourth-order valence-corrected chi connectivity index (χ4v) is 0.730. The summed E-state index contributed by atoms with van der Waals surface area (Å²) in [7, 11) is -9.40. The van der Waals surface area contributed by atoms with Gasteiger partial charge in [0.2, 0.25) is 0 Å². The number of hydrogen-bond acceptors (Lipinski definition) is 8. The molecule has 0 saturated carbocycles. The number of carbonyl (C=O) groups excluding carboxylic acids is 2. The molecule has 0 aliphatic rings. The van der Waals surface area contributed by atoms with E-state index in [1.807, 2.05) is 0 Å². The molecule has 0 heterocycles. The average molecular weight is 484 g/mol. The molecule has 0 saturated heterocycles. The number of aliphatic carboxylic acids is 2. The van der Waals surface area contributed by atoms with Crippen LogP contribution >= 0.6 is 23.2 Å². The van der Waals surface area contributed by atoms with E-state index >= 15 is 0 Å². The zero-order valence-electron chi connectivity index (χ0n) is 8.59. The fourth-order valence-electron chi connectivity index (χ4n) is 0.243. The van der Waals surface area contributed by atoms with Gasteiger partial charge < -0.3 is 19.8 Å². The molecule has 2 atom stereocenters. The average Bonchev–Trinajstić information content (AvgIpc) is 2.13. The van der Waals surface area contributed by atoms with Gasteiger partial charge in [-0.25, -0.2) is 0 Å². The first-order valence-electron chi connectivity index (χ1n) is 3.33. The Morgan fingerprint density at radius 2 is 1.00 bits per heavy atom. The van der Waals surface area contributed by atoms with Gasteiger partial charge in [-0.15, -0.1) is 0 Å². The number of alkyl halides is 2. The molecule has 108 valence electrons. The Labute approximate surface area is 157 Å². The van der Waals surface area contributed by atoms with Crippen LogP contribution in [0.25, 0.3) is 0 Å². The number of rotatable bonds is 4. The van der Waals surface area contributed by atoms with Gasteiger partial charge in [0.15, 0.2) is 9.42 Å². The van der Waals surface area contributed by atoms with Crippen molar-refractivity contribution in [3.8, 4) is 0 Å². The van der Waals surface area contributed by atoms with Crippen molar-refractivity contribution in [1.82, 2.24) is 0 Å². The van der Waals surface area contributed by atoms with Gasteiger partial charge in [-0.1, -0.05) is 23.2 Å². The van der Waals surface area contributed by atoms with Crippen molar-refractivity contribution in [3.63, 3.8) is 0 Å². The Hall–Kier alpha value is 0.911. The van der Waals surface area contributed by atoms with E-state index in [-0.39, 0.29) is 48.9 Å². The summed E-state index contributed by atoms with van der Waals surface area (Å²) in [6.45, 7) is 0. The summed E-state index contributed by atoms with van der Waals surface area (Å²) in [6, 6.07) is 0. The van der Waals surface area contributed by atoms with Crippen molar-refractivity contribution >= 4 is 104 Å². The summed E-state index contributed by atoms with van der Waals surface area (Å²) in [5, 5.41) is 19.1. The van der Waals surface area contributed by atoms with E-state index in [1.165, 1.54) is 0 Å². The molecular weight excluding hydrogens is 480 g/mol. The molecule has 2 unspecified atom stereocenters. The molecule has 0 aromatic carbocycles. The third kappa shape index (κ3) is 12.4. The second kappa shape index (κ2) is 9.78. The first-order chi connectivity index (χ1) is 7.71. The monoisotopic (exact) mass is 484 g/mol. The van der Waals surface area contributed by atoms with Gasteiger partial charge in [0.05, 0.1) is 11.9 Å². The molecular formula is C4H4BaCl2O10S2. The number of halogens is 2. The molecule has 0 aliphatic heterocycles. The maximum Gasteiger partial charge on any atom is 2.00 e. The topological polar surface area (TPSA) is 189 Å². The minimum atomic E-state index is -4.70. The van der Waals surface area contributed by atoms with Gasteiger partial charge in [0.25, 0.3) is 20.2 Å². The predicted molar refractivity (Wildman–Crippen MR) is 58.1 cm³/mol. The Morgan fingerprint density at radius 3 is 1.00 bits per heavy atom. The van der Waals surface area contributed by atoms with Crippen LogP contribution in [-0.2, 0) is 29.8 Å². The minimum absolute atomic E-state index is 0. The minimum Gasteiger partial charge on any atom is -0.547 e. The van der Waals surface area contributed by atoms with Crippen molar-refractivity contribution in [1.29, 1.82) is 0 Å². The summed E-state index contributed by atoms with van der Waals surface area (Å²) in [6.07, 6.45) is 0. The normalized spacial score (nSPS) is 14.1. The third-order valence-electron chi connectivity index (χ3n) is 0.894. The summed E-state index contributed by atoms with van der Waals surface area (Å²) in [4.78, 5) is 19.1.